The lowest BCUT2D eigenvalue weighted by Gasteiger charge is -2.00. The number of benzene rings is 1. The average Bonchev–Trinajstić information content (AvgIpc) is 3.00. The monoisotopic (exact) mass is 192 g/mol. The molecular weight excluding hydrogens is 179 g/mol. The molecule has 1 aromatic carbocycles. The van der Waals surface area contributed by atoms with Gasteiger partial charge in [0.25, 0.3) is 0 Å². The third-order valence-electron chi connectivity index (χ3n) is 2.46. The highest BCUT2D eigenvalue weighted by Gasteiger charge is 2.27. The van der Waals surface area contributed by atoms with Gasteiger partial charge in [0, 0.05) is 0 Å². The van der Waals surface area contributed by atoms with Crippen LogP contribution in [0.1, 0.15) is 18.4 Å². The van der Waals surface area contributed by atoms with Gasteiger partial charge in [-0.1, -0.05) is 24.3 Å². The van der Waals surface area contributed by atoms with Gasteiger partial charge in [-0.25, -0.2) is 4.39 Å². The van der Waals surface area contributed by atoms with Gasteiger partial charge in [0.15, 0.2) is 0 Å². The van der Waals surface area contributed by atoms with Gasteiger partial charge in [0.2, 0.25) is 0 Å². The minimum Gasteiger partial charge on any atom is -0.389 e. The van der Waals surface area contributed by atoms with Gasteiger partial charge in [-0.15, -0.1) is 0 Å². The van der Waals surface area contributed by atoms with Gasteiger partial charge >= 0.3 is 0 Å². The van der Waals surface area contributed by atoms with Crippen molar-refractivity contribution in [2.24, 2.45) is 5.92 Å². The Hall–Kier alpha value is -1.15. The molecule has 1 nitrogen and oxygen atoms in total. The van der Waals surface area contributed by atoms with E-state index in [1.807, 2.05) is 6.08 Å². The van der Waals surface area contributed by atoms with Crippen molar-refractivity contribution >= 4 is 6.08 Å². The van der Waals surface area contributed by atoms with E-state index in [9.17, 15) is 9.50 Å². The van der Waals surface area contributed by atoms with E-state index < -0.39 is 0 Å². The molecular formula is C12H13FO. The molecule has 2 heteroatoms. The molecule has 1 aliphatic rings. The van der Waals surface area contributed by atoms with Crippen molar-refractivity contribution in [2.45, 2.75) is 18.9 Å². The maximum absolute atomic E-state index is 12.6. The Morgan fingerprint density at radius 2 is 1.93 bits per heavy atom. The number of rotatable bonds is 3. The molecule has 0 aliphatic heterocycles. The number of hydrogen-bond acceptors (Lipinski definition) is 1. The van der Waals surface area contributed by atoms with Crippen molar-refractivity contribution < 1.29 is 9.50 Å². The predicted octanol–water partition coefficient (Wildman–Crippen LogP) is 2.61. The molecule has 0 amide bonds. The Morgan fingerprint density at radius 1 is 1.29 bits per heavy atom. The fourth-order valence-corrected chi connectivity index (χ4v) is 1.38. The Morgan fingerprint density at radius 3 is 2.50 bits per heavy atom. The largest absolute Gasteiger partial charge is 0.389 e. The van der Waals surface area contributed by atoms with Crippen molar-refractivity contribution in [1.82, 2.24) is 0 Å². The van der Waals surface area contributed by atoms with Crippen LogP contribution in [0.3, 0.4) is 0 Å². The first-order valence-electron chi connectivity index (χ1n) is 4.87. The molecule has 0 saturated heterocycles. The summed E-state index contributed by atoms with van der Waals surface area (Å²) in [5.41, 5.74) is 0.922. The molecule has 1 saturated carbocycles. The molecule has 0 radical (unpaired) electrons. The highest BCUT2D eigenvalue weighted by Crippen LogP contribution is 2.33. The van der Waals surface area contributed by atoms with E-state index in [-0.39, 0.29) is 11.9 Å². The summed E-state index contributed by atoms with van der Waals surface area (Å²) in [4.78, 5) is 0. The fraction of sp³-hybridized carbons (Fsp3) is 0.333. The highest BCUT2D eigenvalue weighted by molar-refractivity contribution is 5.49. The normalized spacial score (nSPS) is 18.7. The number of hydrogen-bond donors (Lipinski definition) is 1. The van der Waals surface area contributed by atoms with Gasteiger partial charge in [-0.05, 0) is 36.5 Å². The molecule has 1 unspecified atom stereocenters. The van der Waals surface area contributed by atoms with Crippen molar-refractivity contribution in [3.63, 3.8) is 0 Å². The van der Waals surface area contributed by atoms with E-state index in [1.165, 1.54) is 12.1 Å². The Labute approximate surface area is 82.9 Å². The third kappa shape index (κ3) is 2.42. The van der Waals surface area contributed by atoms with Crippen molar-refractivity contribution in [2.75, 3.05) is 0 Å². The second kappa shape index (κ2) is 3.93. The molecule has 2 rings (SSSR count). The molecule has 74 valence electrons. The van der Waals surface area contributed by atoms with Crippen molar-refractivity contribution in [3.05, 3.63) is 41.7 Å². The van der Waals surface area contributed by atoms with Gasteiger partial charge in [0.05, 0.1) is 6.10 Å². The van der Waals surface area contributed by atoms with Crippen LogP contribution in [0.2, 0.25) is 0 Å². The molecule has 0 aromatic heterocycles. The van der Waals surface area contributed by atoms with E-state index in [4.69, 9.17) is 0 Å². The minimum absolute atomic E-state index is 0.232. The standard InChI is InChI=1S/C12H13FO/c13-11-6-1-9(2-7-11)3-8-12(14)10-4-5-10/h1-3,6-8,10,12,14H,4-5H2/b8-3+. The summed E-state index contributed by atoms with van der Waals surface area (Å²) in [5.74, 6) is 0.219. The quantitative estimate of drug-likeness (QED) is 0.780. The van der Waals surface area contributed by atoms with Gasteiger partial charge < -0.3 is 5.11 Å². The maximum Gasteiger partial charge on any atom is 0.123 e. The van der Waals surface area contributed by atoms with Crippen LogP contribution in [0.4, 0.5) is 4.39 Å². The van der Waals surface area contributed by atoms with Crippen LogP contribution >= 0.6 is 0 Å². The second-order valence-corrected chi connectivity index (χ2v) is 3.74. The summed E-state index contributed by atoms with van der Waals surface area (Å²) < 4.78 is 12.6. The maximum atomic E-state index is 12.6. The molecule has 0 heterocycles. The highest BCUT2D eigenvalue weighted by atomic mass is 19.1. The van der Waals surface area contributed by atoms with Crippen LogP contribution in [-0.4, -0.2) is 11.2 Å². The summed E-state index contributed by atoms with van der Waals surface area (Å²) in [6.45, 7) is 0. The lowest BCUT2D eigenvalue weighted by atomic mass is 10.1. The molecule has 0 spiro atoms. The molecule has 14 heavy (non-hydrogen) atoms. The van der Waals surface area contributed by atoms with E-state index in [0.29, 0.717) is 5.92 Å². The predicted molar refractivity (Wildman–Crippen MR) is 54.2 cm³/mol. The number of aliphatic hydroxyl groups excluding tert-OH is 1. The first kappa shape index (κ1) is 9.41. The molecule has 1 atom stereocenters. The zero-order valence-electron chi connectivity index (χ0n) is 7.86. The SMILES string of the molecule is OC(/C=C/c1ccc(F)cc1)C1CC1. The van der Waals surface area contributed by atoms with E-state index in [0.717, 1.165) is 18.4 Å². The molecule has 1 fully saturated rings. The van der Waals surface area contributed by atoms with Crippen molar-refractivity contribution in [3.8, 4) is 0 Å². The fourth-order valence-electron chi connectivity index (χ4n) is 1.38. The summed E-state index contributed by atoms with van der Waals surface area (Å²) in [7, 11) is 0. The molecule has 0 bridgehead atoms. The van der Waals surface area contributed by atoms with Gasteiger partial charge in [-0.3, -0.25) is 0 Å². The summed E-state index contributed by atoms with van der Waals surface area (Å²) in [6, 6.07) is 6.24. The Kier molecular flexibility index (Phi) is 2.64. The lowest BCUT2D eigenvalue weighted by molar-refractivity contribution is 0.200. The van der Waals surface area contributed by atoms with E-state index in [1.54, 1.807) is 18.2 Å². The molecule has 1 aromatic rings. The van der Waals surface area contributed by atoms with Gasteiger partial charge in [-0.2, -0.15) is 0 Å². The molecule has 1 aliphatic carbocycles. The average molecular weight is 192 g/mol. The van der Waals surface area contributed by atoms with Crippen LogP contribution in [-0.2, 0) is 0 Å². The van der Waals surface area contributed by atoms with Crippen LogP contribution in [0.5, 0.6) is 0 Å². The van der Waals surface area contributed by atoms with Crippen LogP contribution in [0.15, 0.2) is 30.3 Å². The summed E-state index contributed by atoms with van der Waals surface area (Å²) in [6.07, 6.45) is 5.53. The Balaban J connectivity index is 1.98. The second-order valence-electron chi connectivity index (χ2n) is 3.74. The first-order valence-corrected chi connectivity index (χ1v) is 4.87. The smallest absolute Gasteiger partial charge is 0.123 e. The van der Waals surface area contributed by atoms with Crippen LogP contribution in [0.25, 0.3) is 6.08 Å². The van der Waals surface area contributed by atoms with Crippen molar-refractivity contribution in [1.29, 1.82) is 0 Å². The third-order valence-corrected chi connectivity index (χ3v) is 2.46. The van der Waals surface area contributed by atoms with E-state index in [2.05, 4.69) is 0 Å². The number of aliphatic hydroxyl groups is 1. The Bertz CT molecular complexity index is 325. The summed E-state index contributed by atoms with van der Waals surface area (Å²) in [5, 5.41) is 9.54. The number of halogens is 1. The van der Waals surface area contributed by atoms with Gasteiger partial charge in [0.1, 0.15) is 5.82 Å². The molecule has 1 N–H and O–H groups in total. The van der Waals surface area contributed by atoms with Crippen LogP contribution < -0.4 is 0 Å². The zero-order chi connectivity index (χ0) is 9.97. The topological polar surface area (TPSA) is 20.2 Å². The zero-order valence-corrected chi connectivity index (χ0v) is 7.86. The first-order chi connectivity index (χ1) is 6.75. The summed E-state index contributed by atoms with van der Waals surface area (Å²) >= 11 is 0. The minimum atomic E-state index is -0.333. The lowest BCUT2D eigenvalue weighted by Crippen LogP contribution is -2.03. The van der Waals surface area contributed by atoms with Crippen LogP contribution in [0, 0.1) is 11.7 Å². The van der Waals surface area contributed by atoms with E-state index >= 15 is 0 Å².